The Kier molecular flexibility index (Phi) is 4.50. The molecule has 1 aliphatic carbocycles. The monoisotopic (exact) mass is 292 g/mol. The second kappa shape index (κ2) is 6.53. The number of hydrogen-bond acceptors (Lipinski definition) is 5. The lowest BCUT2D eigenvalue weighted by Gasteiger charge is -2.22. The number of carbonyl (C=O) groups is 1. The largest absolute Gasteiger partial charge is 0.349 e. The first-order chi connectivity index (χ1) is 10.2. The van der Waals surface area contributed by atoms with Crippen molar-refractivity contribution in [3.05, 3.63) is 11.9 Å². The molecule has 0 unspecified atom stereocenters. The second-order valence-corrected chi connectivity index (χ2v) is 6.03. The summed E-state index contributed by atoms with van der Waals surface area (Å²) in [4.78, 5) is 14.3. The first-order valence-electron chi connectivity index (χ1n) is 7.85. The number of nitrogens with zero attached hydrogens (tertiary/aromatic N) is 4. The van der Waals surface area contributed by atoms with E-state index in [1.807, 2.05) is 4.68 Å². The molecule has 1 saturated heterocycles. The highest BCUT2D eigenvalue weighted by Crippen LogP contribution is 2.24. The second-order valence-electron chi connectivity index (χ2n) is 6.03. The Morgan fingerprint density at radius 3 is 2.90 bits per heavy atom. The van der Waals surface area contributed by atoms with Gasteiger partial charge in [0.2, 0.25) is 0 Å². The Balaban J connectivity index is 1.46. The zero-order valence-corrected chi connectivity index (χ0v) is 12.6. The molecule has 3 rings (SSSR count). The number of piperidine rings is 1. The van der Waals surface area contributed by atoms with Crippen LogP contribution in [0.25, 0.3) is 0 Å². The van der Waals surface area contributed by atoms with Gasteiger partial charge in [-0.2, -0.15) is 0 Å². The van der Waals surface area contributed by atoms with E-state index in [1.165, 1.54) is 12.8 Å². The summed E-state index contributed by atoms with van der Waals surface area (Å²) in [7, 11) is 2.11. The van der Waals surface area contributed by atoms with Gasteiger partial charge in [-0.1, -0.05) is 5.21 Å². The normalized spacial score (nSPS) is 19.9. The van der Waals surface area contributed by atoms with Crippen LogP contribution in [0.5, 0.6) is 0 Å². The van der Waals surface area contributed by atoms with Crippen LogP contribution >= 0.6 is 0 Å². The van der Waals surface area contributed by atoms with Crippen LogP contribution in [0.15, 0.2) is 6.20 Å². The molecular formula is C14H24N6O. The van der Waals surface area contributed by atoms with Crippen LogP contribution in [0.4, 0.5) is 0 Å². The molecule has 0 spiro atoms. The van der Waals surface area contributed by atoms with Gasteiger partial charge in [0.25, 0.3) is 5.91 Å². The van der Waals surface area contributed by atoms with E-state index in [2.05, 4.69) is 32.9 Å². The van der Waals surface area contributed by atoms with Crippen molar-refractivity contribution in [2.45, 2.75) is 37.8 Å². The Hall–Kier alpha value is -1.47. The standard InChI is InChI=1S/C14H24N6O/c1-19(11-2-3-11)9-8-16-14(21)13-10-20(18-17-13)12-4-6-15-7-5-12/h10-12,15H,2-9H2,1H3,(H,16,21). The fourth-order valence-corrected chi connectivity index (χ4v) is 2.76. The van der Waals surface area contributed by atoms with Gasteiger partial charge in [0.1, 0.15) is 0 Å². The van der Waals surface area contributed by atoms with Gasteiger partial charge in [0.05, 0.1) is 12.2 Å². The summed E-state index contributed by atoms with van der Waals surface area (Å²) >= 11 is 0. The van der Waals surface area contributed by atoms with Crippen LogP contribution in [0.2, 0.25) is 0 Å². The van der Waals surface area contributed by atoms with Crippen molar-refractivity contribution >= 4 is 5.91 Å². The molecule has 0 bridgehead atoms. The van der Waals surface area contributed by atoms with Crippen molar-refractivity contribution in [3.8, 4) is 0 Å². The molecule has 0 atom stereocenters. The molecule has 7 nitrogen and oxygen atoms in total. The molecule has 7 heteroatoms. The maximum atomic E-state index is 12.0. The smallest absolute Gasteiger partial charge is 0.273 e. The van der Waals surface area contributed by atoms with E-state index in [9.17, 15) is 4.79 Å². The van der Waals surface area contributed by atoms with Crippen LogP contribution in [-0.2, 0) is 0 Å². The van der Waals surface area contributed by atoms with Gasteiger partial charge in [-0.15, -0.1) is 5.10 Å². The SMILES string of the molecule is CN(CCNC(=O)c1cn(C2CCNCC2)nn1)C1CC1. The van der Waals surface area contributed by atoms with Gasteiger partial charge in [-0.3, -0.25) is 4.79 Å². The number of rotatable bonds is 6. The molecule has 1 amide bonds. The molecule has 1 aliphatic heterocycles. The fourth-order valence-electron chi connectivity index (χ4n) is 2.76. The maximum Gasteiger partial charge on any atom is 0.273 e. The van der Waals surface area contributed by atoms with Crippen molar-refractivity contribution in [1.29, 1.82) is 0 Å². The molecule has 0 radical (unpaired) electrons. The number of aromatic nitrogens is 3. The van der Waals surface area contributed by atoms with Crippen LogP contribution in [0, 0.1) is 0 Å². The minimum Gasteiger partial charge on any atom is -0.349 e. The van der Waals surface area contributed by atoms with Crippen LogP contribution in [0.1, 0.15) is 42.2 Å². The predicted octanol–water partition coefficient (Wildman–Crippen LogP) is 0.0266. The van der Waals surface area contributed by atoms with E-state index in [0.717, 1.165) is 38.5 Å². The number of nitrogens with one attached hydrogen (secondary N) is 2. The minimum absolute atomic E-state index is 0.126. The lowest BCUT2D eigenvalue weighted by atomic mass is 10.1. The van der Waals surface area contributed by atoms with E-state index in [-0.39, 0.29) is 5.91 Å². The molecule has 2 N–H and O–H groups in total. The third-order valence-corrected chi connectivity index (χ3v) is 4.35. The lowest BCUT2D eigenvalue weighted by Crippen LogP contribution is -2.34. The average Bonchev–Trinajstić information content (AvgIpc) is 3.25. The molecule has 0 aromatic carbocycles. The zero-order valence-electron chi connectivity index (χ0n) is 12.6. The summed E-state index contributed by atoms with van der Waals surface area (Å²) in [6, 6.07) is 1.09. The molecule has 116 valence electrons. The van der Waals surface area contributed by atoms with E-state index in [0.29, 0.717) is 18.3 Å². The molecule has 1 saturated carbocycles. The lowest BCUT2D eigenvalue weighted by molar-refractivity contribution is 0.0944. The third-order valence-electron chi connectivity index (χ3n) is 4.35. The van der Waals surface area contributed by atoms with Crippen molar-refractivity contribution in [1.82, 2.24) is 30.5 Å². The van der Waals surface area contributed by atoms with Gasteiger partial charge >= 0.3 is 0 Å². The van der Waals surface area contributed by atoms with Gasteiger partial charge in [-0.05, 0) is 45.8 Å². The summed E-state index contributed by atoms with van der Waals surface area (Å²) in [5, 5.41) is 14.4. The van der Waals surface area contributed by atoms with Crippen molar-refractivity contribution in [3.63, 3.8) is 0 Å². The van der Waals surface area contributed by atoms with E-state index in [1.54, 1.807) is 6.20 Å². The number of hydrogen-bond donors (Lipinski definition) is 2. The first-order valence-corrected chi connectivity index (χ1v) is 7.85. The highest BCUT2D eigenvalue weighted by molar-refractivity contribution is 5.91. The molecule has 2 aliphatic rings. The van der Waals surface area contributed by atoms with Crippen molar-refractivity contribution < 1.29 is 4.79 Å². The molecule has 21 heavy (non-hydrogen) atoms. The third kappa shape index (κ3) is 3.79. The van der Waals surface area contributed by atoms with Crippen LogP contribution < -0.4 is 10.6 Å². The molecule has 2 heterocycles. The highest BCUT2D eigenvalue weighted by atomic mass is 16.2. The van der Waals surface area contributed by atoms with E-state index < -0.39 is 0 Å². The van der Waals surface area contributed by atoms with Gasteiger partial charge in [0, 0.05) is 19.1 Å². The fraction of sp³-hybridized carbons (Fsp3) is 0.786. The maximum absolute atomic E-state index is 12.0. The Labute approximate surface area is 125 Å². The molecule has 1 aromatic heterocycles. The molecular weight excluding hydrogens is 268 g/mol. The van der Waals surface area contributed by atoms with Crippen LogP contribution in [0.3, 0.4) is 0 Å². The zero-order chi connectivity index (χ0) is 14.7. The Morgan fingerprint density at radius 1 is 1.43 bits per heavy atom. The van der Waals surface area contributed by atoms with E-state index >= 15 is 0 Å². The number of likely N-dealkylation sites (N-methyl/N-ethyl adjacent to an activating group) is 1. The Bertz CT molecular complexity index is 478. The Morgan fingerprint density at radius 2 is 2.19 bits per heavy atom. The first kappa shape index (κ1) is 14.5. The summed E-state index contributed by atoms with van der Waals surface area (Å²) in [6.45, 7) is 3.55. The quantitative estimate of drug-likeness (QED) is 0.773. The van der Waals surface area contributed by atoms with Crippen molar-refractivity contribution in [2.24, 2.45) is 0 Å². The van der Waals surface area contributed by atoms with Crippen molar-refractivity contribution in [2.75, 3.05) is 33.2 Å². The average molecular weight is 292 g/mol. The summed E-state index contributed by atoms with van der Waals surface area (Å²) in [5.41, 5.74) is 0.419. The summed E-state index contributed by atoms with van der Waals surface area (Å²) in [6.07, 6.45) is 6.42. The number of carbonyl (C=O) groups excluding carboxylic acids is 1. The van der Waals surface area contributed by atoms with Gasteiger partial charge in [0.15, 0.2) is 5.69 Å². The van der Waals surface area contributed by atoms with Gasteiger partial charge < -0.3 is 15.5 Å². The summed E-state index contributed by atoms with van der Waals surface area (Å²) in [5.74, 6) is -0.126. The summed E-state index contributed by atoms with van der Waals surface area (Å²) < 4.78 is 1.84. The highest BCUT2D eigenvalue weighted by Gasteiger charge is 2.25. The minimum atomic E-state index is -0.126. The molecule has 2 fully saturated rings. The number of amides is 1. The van der Waals surface area contributed by atoms with Gasteiger partial charge in [-0.25, -0.2) is 4.68 Å². The van der Waals surface area contributed by atoms with Crippen LogP contribution in [-0.4, -0.2) is 65.1 Å². The molecule has 1 aromatic rings. The predicted molar refractivity (Wildman–Crippen MR) is 79.1 cm³/mol. The van der Waals surface area contributed by atoms with E-state index in [4.69, 9.17) is 0 Å². The topological polar surface area (TPSA) is 75.1 Å².